The second kappa shape index (κ2) is 6.88. The van der Waals surface area contributed by atoms with Crippen molar-refractivity contribution in [1.82, 2.24) is 25.7 Å². The monoisotopic (exact) mass is 333 g/mol. The maximum Gasteiger partial charge on any atom is 0.413 e. The van der Waals surface area contributed by atoms with Gasteiger partial charge in [-0.05, 0) is 19.3 Å². The summed E-state index contributed by atoms with van der Waals surface area (Å²) in [6.07, 6.45) is -0.593. The van der Waals surface area contributed by atoms with Crippen LogP contribution in [0.15, 0.2) is 12.4 Å². The fourth-order valence-electron chi connectivity index (χ4n) is 2.35. The summed E-state index contributed by atoms with van der Waals surface area (Å²) in [5, 5.41) is 10.4. The first-order valence-electron chi connectivity index (χ1n) is 7.17. The van der Waals surface area contributed by atoms with Crippen molar-refractivity contribution in [2.45, 2.75) is 37.5 Å². The third-order valence-corrected chi connectivity index (χ3v) is 3.50. The maximum atomic E-state index is 13.1. The van der Waals surface area contributed by atoms with Gasteiger partial charge in [-0.3, -0.25) is 9.48 Å². The molecule has 3 N–H and O–H groups in total. The van der Waals surface area contributed by atoms with Gasteiger partial charge in [-0.25, -0.2) is 4.79 Å². The van der Waals surface area contributed by atoms with Crippen LogP contribution in [0.1, 0.15) is 30.9 Å². The molecule has 1 aliphatic rings. The van der Waals surface area contributed by atoms with Crippen LogP contribution in [-0.4, -0.2) is 40.5 Å². The van der Waals surface area contributed by atoms with E-state index in [2.05, 4.69) is 15.7 Å². The van der Waals surface area contributed by atoms with Gasteiger partial charge < -0.3 is 16.0 Å². The summed E-state index contributed by atoms with van der Waals surface area (Å²) in [5.41, 5.74) is -0.180. The van der Waals surface area contributed by atoms with Crippen molar-refractivity contribution in [3.05, 3.63) is 18.0 Å². The second-order valence-electron chi connectivity index (χ2n) is 5.38. The Morgan fingerprint density at radius 1 is 1.48 bits per heavy atom. The third kappa shape index (κ3) is 4.60. The van der Waals surface area contributed by atoms with Gasteiger partial charge in [0.25, 0.3) is 0 Å². The number of urea groups is 1. The molecule has 0 radical (unpaired) electrons. The Bertz CT molecular complexity index is 572. The van der Waals surface area contributed by atoms with Gasteiger partial charge in [0.05, 0.1) is 6.20 Å². The summed E-state index contributed by atoms with van der Waals surface area (Å²) < 4.78 is 40.6. The number of hydrogen-bond acceptors (Lipinski definition) is 3. The van der Waals surface area contributed by atoms with Crippen LogP contribution >= 0.6 is 0 Å². The molecule has 2 atom stereocenters. The predicted molar refractivity (Wildman–Crippen MR) is 74.3 cm³/mol. The number of nitrogens with one attached hydrogen (secondary N) is 3. The van der Waals surface area contributed by atoms with Crippen LogP contribution < -0.4 is 16.0 Å². The minimum atomic E-state index is -4.67. The summed E-state index contributed by atoms with van der Waals surface area (Å²) in [5.74, 6) is -0.386. The number of hydrogen-bond donors (Lipinski definition) is 3. The smallest absolute Gasteiger partial charge is 0.354 e. The summed E-state index contributed by atoms with van der Waals surface area (Å²) in [7, 11) is 1.48. The van der Waals surface area contributed by atoms with E-state index in [4.69, 9.17) is 0 Å². The lowest BCUT2D eigenvalue weighted by molar-refractivity contribution is -0.155. The standard InChI is InChI=1S/C13H18F3N5O2/c1-21-7-8(6-18-21)10(13(14,15)16)20-12(23)19-9-4-2-3-5-17-11(9)22/h6-7,9-10H,2-5H2,1H3,(H,17,22)(H2,19,20,23)/t9-,10-/m1/s1. The fourth-order valence-corrected chi connectivity index (χ4v) is 2.35. The zero-order valence-corrected chi connectivity index (χ0v) is 12.5. The van der Waals surface area contributed by atoms with Crippen molar-refractivity contribution >= 4 is 11.9 Å². The first-order valence-corrected chi connectivity index (χ1v) is 7.17. The molecule has 1 aromatic rings. The molecule has 23 heavy (non-hydrogen) atoms. The molecule has 0 aliphatic carbocycles. The molecule has 1 saturated heterocycles. The molecule has 0 saturated carbocycles. The largest absolute Gasteiger partial charge is 0.413 e. The van der Waals surface area contributed by atoms with Crippen molar-refractivity contribution in [1.29, 1.82) is 0 Å². The van der Waals surface area contributed by atoms with Crippen LogP contribution in [-0.2, 0) is 11.8 Å². The van der Waals surface area contributed by atoms with Gasteiger partial charge >= 0.3 is 12.2 Å². The maximum absolute atomic E-state index is 13.1. The van der Waals surface area contributed by atoms with Crippen LogP contribution in [0.2, 0.25) is 0 Å². The molecule has 1 aliphatic heterocycles. The van der Waals surface area contributed by atoms with Crippen molar-refractivity contribution in [3.63, 3.8) is 0 Å². The van der Waals surface area contributed by atoms with Gasteiger partial charge in [-0.2, -0.15) is 18.3 Å². The molecule has 2 rings (SSSR count). The van der Waals surface area contributed by atoms with E-state index in [0.29, 0.717) is 19.4 Å². The molecule has 128 valence electrons. The Hall–Kier alpha value is -2.26. The Labute approximate surface area is 130 Å². The van der Waals surface area contributed by atoms with Gasteiger partial charge in [0, 0.05) is 25.4 Å². The normalized spacial score (nSPS) is 20.3. The van der Waals surface area contributed by atoms with Crippen molar-refractivity contribution < 1.29 is 22.8 Å². The Kier molecular flexibility index (Phi) is 5.12. The first-order chi connectivity index (χ1) is 10.8. The SMILES string of the molecule is Cn1cc([C@@H](NC(=O)N[C@@H]2CCCCNC2=O)C(F)(F)F)cn1. The summed E-state index contributed by atoms with van der Waals surface area (Å²) in [4.78, 5) is 23.6. The Morgan fingerprint density at radius 2 is 2.22 bits per heavy atom. The second-order valence-corrected chi connectivity index (χ2v) is 5.38. The van der Waals surface area contributed by atoms with Crippen LogP contribution in [0, 0.1) is 0 Å². The van der Waals surface area contributed by atoms with E-state index in [1.165, 1.54) is 17.9 Å². The van der Waals surface area contributed by atoms with Crippen molar-refractivity contribution in [3.8, 4) is 0 Å². The molecule has 7 nitrogen and oxygen atoms in total. The summed E-state index contributed by atoms with van der Waals surface area (Å²) >= 11 is 0. The fraction of sp³-hybridized carbons (Fsp3) is 0.615. The Balaban J connectivity index is 2.04. The molecule has 2 heterocycles. The lowest BCUT2D eigenvalue weighted by Crippen LogP contribution is -2.51. The van der Waals surface area contributed by atoms with E-state index in [-0.39, 0.29) is 11.5 Å². The molecule has 0 spiro atoms. The van der Waals surface area contributed by atoms with Crippen molar-refractivity contribution in [2.75, 3.05) is 6.54 Å². The molecule has 0 aromatic carbocycles. The molecule has 1 fully saturated rings. The number of carbonyl (C=O) groups excluding carboxylic acids is 2. The number of alkyl halides is 3. The van der Waals surface area contributed by atoms with Gasteiger partial charge in [0.15, 0.2) is 6.04 Å². The highest BCUT2D eigenvalue weighted by atomic mass is 19.4. The lowest BCUT2D eigenvalue weighted by atomic mass is 10.1. The van der Waals surface area contributed by atoms with E-state index in [1.807, 2.05) is 5.32 Å². The van der Waals surface area contributed by atoms with Gasteiger partial charge in [0.1, 0.15) is 6.04 Å². The Morgan fingerprint density at radius 3 is 2.83 bits per heavy atom. The predicted octanol–water partition coefficient (Wildman–Crippen LogP) is 0.991. The topological polar surface area (TPSA) is 88.0 Å². The van der Waals surface area contributed by atoms with Gasteiger partial charge in [-0.1, -0.05) is 0 Å². The number of carbonyl (C=O) groups is 2. The number of amides is 3. The number of aromatic nitrogens is 2. The number of halogens is 3. The number of aryl methyl sites for hydroxylation is 1. The molecule has 1 aromatic heterocycles. The quantitative estimate of drug-likeness (QED) is 0.771. The van der Waals surface area contributed by atoms with E-state index in [1.54, 1.807) is 0 Å². The van der Waals surface area contributed by atoms with Crippen LogP contribution in [0.4, 0.5) is 18.0 Å². The summed E-state index contributed by atoms with van der Waals surface area (Å²) in [6.45, 7) is 0.499. The molecular weight excluding hydrogens is 315 g/mol. The summed E-state index contributed by atoms with van der Waals surface area (Å²) in [6, 6.07) is -4.07. The van der Waals surface area contributed by atoms with Crippen LogP contribution in [0.3, 0.4) is 0 Å². The number of rotatable bonds is 3. The van der Waals surface area contributed by atoms with E-state index in [0.717, 1.165) is 12.6 Å². The molecule has 3 amide bonds. The number of nitrogens with zero attached hydrogens (tertiary/aromatic N) is 2. The van der Waals surface area contributed by atoms with Crippen LogP contribution in [0.25, 0.3) is 0 Å². The molecule has 10 heteroatoms. The van der Waals surface area contributed by atoms with E-state index in [9.17, 15) is 22.8 Å². The third-order valence-electron chi connectivity index (χ3n) is 3.50. The van der Waals surface area contributed by atoms with E-state index >= 15 is 0 Å². The highest BCUT2D eigenvalue weighted by molar-refractivity contribution is 5.87. The average Bonchev–Trinajstić information content (AvgIpc) is 2.77. The highest BCUT2D eigenvalue weighted by Crippen LogP contribution is 2.32. The molecule has 0 unspecified atom stereocenters. The van der Waals surface area contributed by atoms with Crippen molar-refractivity contribution in [2.24, 2.45) is 7.05 Å². The van der Waals surface area contributed by atoms with Crippen LogP contribution in [0.5, 0.6) is 0 Å². The minimum Gasteiger partial charge on any atom is -0.354 e. The zero-order chi connectivity index (χ0) is 17.0. The molecular formula is C13H18F3N5O2. The van der Waals surface area contributed by atoms with Gasteiger partial charge in [0.2, 0.25) is 5.91 Å². The van der Waals surface area contributed by atoms with Gasteiger partial charge in [-0.15, -0.1) is 0 Å². The highest BCUT2D eigenvalue weighted by Gasteiger charge is 2.43. The first kappa shape index (κ1) is 17.1. The van der Waals surface area contributed by atoms with E-state index < -0.39 is 24.3 Å². The minimum absolute atomic E-state index is 0.180. The zero-order valence-electron chi connectivity index (χ0n) is 12.5. The average molecular weight is 333 g/mol. The molecule has 0 bridgehead atoms. The lowest BCUT2D eigenvalue weighted by Gasteiger charge is -2.22.